The molecule has 0 aliphatic carbocycles. The third kappa shape index (κ3) is 16.3. The predicted octanol–water partition coefficient (Wildman–Crippen LogP) is 1.13. The molecule has 1 unspecified atom stereocenters. The van der Waals surface area contributed by atoms with E-state index in [2.05, 4.69) is 6.58 Å². The van der Waals surface area contributed by atoms with Crippen molar-refractivity contribution in [1.82, 2.24) is 0 Å². The van der Waals surface area contributed by atoms with Crippen LogP contribution in [-0.2, 0) is 5.11 Å². The molecule has 0 saturated heterocycles. The van der Waals surface area contributed by atoms with Crippen molar-refractivity contribution in [2.24, 2.45) is 0 Å². The summed E-state index contributed by atoms with van der Waals surface area (Å²) in [5.74, 6) is 0. The Morgan fingerprint density at radius 3 is 2.08 bits per heavy atom. The number of aliphatic hydroxyl groups excluding tert-OH is 2. The minimum absolute atomic E-state index is 0.0810. The maximum atomic E-state index is 9.76. The Balaban J connectivity index is 0. The number of hydrogen-bond acceptors (Lipinski definition) is 2. The van der Waals surface area contributed by atoms with Gasteiger partial charge in [0, 0.05) is 6.61 Å². The lowest BCUT2D eigenvalue weighted by molar-refractivity contribution is 0.148. The molecule has 2 N–H and O–H groups in total. The van der Waals surface area contributed by atoms with Crippen molar-refractivity contribution < 1.29 is 15.3 Å². The van der Waals surface area contributed by atoms with Crippen LogP contribution in [-0.4, -0.2) is 29.5 Å². The molecular formula is C9H19O3. The molecule has 73 valence electrons. The summed E-state index contributed by atoms with van der Waals surface area (Å²) in [6.07, 6.45) is 0.957. The van der Waals surface area contributed by atoms with Gasteiger partial charge in [-0.05, 0) is 25.3 Å². The molecule has 3 heteroatoms. The molecule has 1 radical (unpaired) electrons. The Morgan fingerprint density at radius 2 is 2.08 bits per heavy atom. The maximum Gasteiger partial charge on any atom is 0.103 e. The quantitative estimate of drug-likeness (QED) is 0.629. The van der Waals surface area contributed by atoms with E-state index >= 15 is 0 Å². The highest BCUT2D eigenvalue weighted by Gasteiger charge is 1.88. The monoisotopic (exact) mass is 175 g/mol. The number of hydrogen-bond donors (Lipinski definition) is 2. The van der Waals surface area contributed by atoms with Crippen LogP contribution in [0.1, 0.15) is 26.7 Å². The zero-order chi connectivity index (χ0) is 9.98. The lowest BCUT2D eigenvalue weighted by Gasteiger charge is -1.95. The first-order valence-electron chi connectivity index (χ1n) is 4.12. The molecule has 0 saturated carbocycles. The van der Waals surface area contributed by atoms with Crippen molar-refractivity contribution in [2.45, 2.75) is 32.8 Å². The largest absolute Gasteiger partial charge is 0.396 e. The number of aliphatic hydroxyl groups is 2. The van der Waals surface area contributed by atoms with Gasteiger partial charge in [0.25, 0.3) is 0 Å². The molecule has 0 aliphatic heterocycles. The highest BCUT2D eigenvalue weighted by Crippen LogP contribution is 1.91. The van der Waals surface area contributed by atoms with Crippen LogP contribution in [0.15, 0.2) is 12.2 Å². The summed E-state index contributed by atoms with van der Waals surface area (Å²) in [4.78, 5) is 0. The first kappa shape index (κ1) is 14.2. The van der Waals surface area contributed by atoms with Gasteiger partial charge in [0.1, 0.15) is 6.61 Å². The van der Waals surface area contributed by atoms with Gasteiger partial charge < -0.3 is 10.2 Å². The molecule has 3 nitrogen and oxygen atoms in total. The Bertz CT molecular complexity index is 93.9. The molecule has 0 aromatic rings. The Kier molecular flexibility index (Phi) is 12.5. The maximum absolute atomic E-state index is 9.76. The first-order valence-corrected chi connectivity index (χ1v) is 4.12. The molecular weight excluding hydrogens is 156 g/mol. The third-order valence-electron chi connectivity index (χ3n) is 1.25. The standard InChI is InChI=1S/C5H9O.C4H10O2/c1-3-5(2)4-6;1-4(6)2-3-5/h2-4H2,1H3;4-6H,2-3H2,1H3. The van der Waals surface area contributed by atoms with E-state index in [0.717, 1.165) is 12.0 Å². The second-order valence-electron chi connectivity index (χ2n) is 2.61. The summed E-state index contributed by atoms with van der Waals surface area (Å²) in [6, 6.07) is 0. The minimum atomic E-state index is -0.352. The Labute approximate surface area is 74.4 Å². The molecule has 0 heterocycles. The van der Waals surface area contributed by atoms with Crippen LogP contribution >= 0.6 is 0 Å². The normalized spacial score (nSPS) is 11.4. The van der Waals surface area contributed by atoms with Crippen LogP contribution in [0.3, 0.4) is 0 Å². The fourth-order valence-corrected chi connectivity index (χ4v) is 0.289. The van der Waals surface area contributed by atoms with E-state index < -0.39 is 0 Å². The molecule has 0 fully saturated rings. The minimum Gasteiger partial charge on any atom is -0.396 e. The molecule has 1 atom stereocenters. The molecule has 0 spiro atoms. The average Bonchev–Trinajstić information content (AvgIpc) is 2.04. The smallest absolute Gasteiger partial charge is 0.103 e. The van der Waals surface area contributed by atoms with Crippen molar-refractivity contribution in [3.05, 3.63) is 12.2 Å². The Morgan fingerprint density at radius 1 is 1.58 bits per heavy atom. The fourth-order valence-electron chi connectivity index (χ4n) is 0.289. The van der Waals surface area contributed by atoms with Crippen molar-refractivity contribution in [3.63, 3.8) is 0 Å². The van der Waals surface area contributed by atoms with Crippen molar-refractivity contribution in [2.75, 3.05) is 13.2 Å². The zero-order valence-electron chi connectivity index (χ0n) is 7.92. The van der Waals surface area contributed by atoms with Crippen LogP contribution in [0.25, 0.3) is 0 Å². The average molecular weight is 175 g/mol. The zero-order valence-corrected chi connectivity index (χ0v) is 7.92. The SMILES string of the molecule is C=C(CC)C[O].CC(O)CCO. The second-order valence-corrected chi connectivity index (χ2v) is 2.61. The van der Waals surface area contributed by atoms with Crippen LogP contribution in [0, 0.1) is 0 Å². The van der Waals surface area contributed by atoms with Gasteiger partial charge in [-0.3, -0.25) is 0 Å². The van der Waals surface area contributed by atoms with Crippen molar-refractivity contribution in [3.8, 4) is 0 Å². The molecule has 0 rings (SSSR count). The molecule has 0 bridgehead atoms. The number of rotatable bonds is 4. The van der Waals surface area contributed by atoms with E-state index in [-0.39, 0.29) is 19.3 Å². The van der Waals surface area contributed by atoms with Gasteiger partial charge in [-0.25, -0.2) is 5.11 Å². The van der Waals surface area contributed by atoms with Gasteiger partial charge in [0.15, 0.2) is 0 Å². The van der Waals surface area contributed by atoms with E-state index in [1.165, 1.54) is 0 Å². The highest BCUT2D eigenvalue weighted by molar-refractivity contribution is 4.90. The predicted molar refractivity (Wildman–Crippen MR) is 48.4 cm³/mol. The lowest BCUT2D eigenvalue weighted by Crippen LogP contribution is -2.00. The lowest BCUT2D eigenvalue weighted by atomic mass is 10.3. The summed E-state index contributed by atoms with van der Waals surface area (Å²) in [7, 11) is 0. The van der Waals surface area contributed by atoms with Gasteiger partial charge in [-0.15, -0.1) is 0 Å². The highest BCUT2D eigenvalue weighted by atomic mass is 16.3. The van der Waals surface area contributed by atoms with E-state index in [0.29, 0.717) is 6.42 Å². The van der Waals surface area contributed by atoms with Crippen molar-refractivity contribution >= 4 is 0 Å². The van der Waals surface area contributed by atoms with E-state index in [1.807, 2.05) is 6.92 Å². The first-order chi connectivity index (χ1) is 5.58. The topological polar surface area (TPSA) is 60.4 Å². The summed E-state index contributed by atoms with van der Waals surface area (Å²) >= 11 is 0. The molecule has 0 aromatic heterocycles. The van der Waals surface area contributed by atoms with E-state index in [4.69, 9.17) is 10.2 Å². The van der Waals surface area contributed by atoms with Crippen LogP contribution in [0.4, 0.5) is 0 Å². The Hall–Kier alpha value is -0.380. The van der Waals surface area contributed by atoms with Gasteiger partial charge in [0.05, 0.1) is 6.10 Å². The van der Waals surface area contributed by atoms with Gasteiger partial charge in [-0.2, -0.15) is 0 Å². The van der Waals surface area contributed by atoms with Crippen LogP contribution in [0.5, 0.6) is 0 Å². The van der Waals surface area contributed by atoms with Gasteiger partial charge in [0.2, 0.25) is 0 Å². The summed E-state index contributed by atoms with van der Waals surface area (Å²) in [5, 5.41) is 26.2. The van der Waals surface area contributed by atoms with Crippen molar-refractivity contribution in [1.29, 1.82) is 0 Å². The third-order valence-corrected chi connectivity index (χ3v) is 1.25. The summed E-state index contributed by atoms with van der Waals surface area (Å²) in [5.41, 5.74) is 0.787. The summed E-state index contributed by atoms with van der Waals surface area (Å²) < 4.78 is 0. The van der Waals surface area contributed by atoms with Crippen LogP contribution < -0.4 is 0 Å². The molecule has 0 aromatic carbocycles. The van der Waals surface area contributed by atoms with Gasteiger partial charge in [-0.1, -0.05) is 13.5 Å². The second kappa shape index (κ2) is 10.6. The molecule has 12 heavy (non-hydrogen) atoms. The van der Waals surface area contributed by atoms with E-state index in [9.17, 15) is 5.11 Å². The summed E-state index contributed by atoms with van der Waals surface area (Å²) in [6.45, 7) is 7.03. The molecule has 0 aliphatic rings. The van der Waals surface area contributed by atoms with Crippen LogP contribution in [0.2, 0.25) is 0 Å². The fraction of sp³-hybridized carbons (Fsp3) is 0.778. The molecule has 0 amide bonds. The van der Waals surface area contributed by atoms with Gasteiger partial charge >= 0.3 is 0 Å². The van der Waals surface area contributed by atoms with E-state index in [1.54, 1.807) is 6.92 Å².